The van der Waals surface area contributed by atoms with Gasteiger partial charge in [0.15, 0.2) is 0 Å². The molecule has 0 spiro atoms. The van der Waals surface area contributed by atoms with Crippen LogP contribution in [0.5, 0.6) is 0 Å². The van der Waals surface area contributed by atoms with Gasteiger partial charge in [-0.1, -0.05) is 6.92 Å². The molecule has 2 heterocycles. The summed E-state index contributed by atoms with van der Waals surface area (Å²) in [6.45, 7) is 6.95. The highest BCUT2D eigenvalue weighted by Gasteiger charge is 2.20. The highest BCUT2D eigenvalue weighted by molar-refractivity contribution is 5.74. The van der Waals surface area contributed by atoms with E-state index >= 15 is 0 Å². The molecule has 0 aliphatic carbocycles. The summed E-state index contributed by atoms with van der Waals surface area (Å²) in [7, 11) is 0. The van der Waals surface area contributed by atoms with Gasteiger partial charge in [-0.3, -0.25) is 0 Å². The van der Waals surface area contributed by atoms with Gasteiger partial charge in [-0.05, 0) is 38.6 Å². The van der Waals surface area contributed by atoms with E-state index in [-0.39, 0.29) is 12.1 Å². The number of ether oxygens (including phenoxy) is 1. The molecule has 2 aliphatic rings. The van der Waals surface area contributed by atoms with Gasteiger partial charge < -0.3 is 20.3 Å². The standard InChI is InChI=1S/C14H27N3O2/c1-2-17-8-6-12(7-9-17)16-14(18)15-11-13-5-3-4-10-19-13/h12-13H,2-11H2,1H3,(H2,15,16,18). The molecule has 110 valence electrons. The number of hydrogen-bond donors (Lipinski definition) is 2. The van der Waals surface area contributed by atoms with Crippen molar-refractivity contribution in [1.82, 2.24) is 15.5 Å². The molecule has 5 nitrogen and oxygen atoms in total. The normalized spacial score (nSPS) is 26.1. The lowest BCUT2D eigenvalue weighted by Crippen LogP contribution is -2.49. The monoisotopic (exact) mass is 269 g/mol. The summed E-state index contributed by atoms with van der Waals surface area (Å²) in [5, 5.41) is 6.01. The van der Waals surface area contributed by atoms with Crippen LogP contribution in [-0.4, -0.2) is 55.9 Å². The van der Waals surface area contributed by atoms with Crippen LogP contribution in [0.2, 0.25) is 0 Å². The van der Waals surface area contributed by atoms with Crippen LogP contribution in [0.3, 0.4) is 0 Å². The Kier molecular flexibility index (Phi) is 5.92. The maximum Gasteiger partial charge on any atom is 0.315 e. The molecule has 0 bridgehead atoms. The molecule has 2 rings (SSSR count). The van der Waals surface area contributed by atoms with Gasteiger partial charge >= 0.3 is 6.03 Å². The van der Waals surface area contributed by atoms with E-state index < -0.39 is 0 Å². The second kappa shape index (κ2) is 7.70. The Morgan fingerprint density at radius 1 is 1.26 bits per heavy atom. The van der Waals surface area contributed by atoms with Crippen molar-refractivity contribution in [3.05, 3.63) is 0 Å². The first-order valence-electron chi connectivity index (χ1n) is 7.66. The smallest absolute Gasteiger partial charge is 0.315 e. The van der Waals surface area contributed by atoms with Crippen molar-refractivity contribution >= 4 is 6.03 Å². The predicted octanol–water partition coefficient (Wildman–Crippen LogP) is 1.34. The van der Waals surface area contributed by atoms with Gasteiger partial charge in [0.2, 0.25) is 0 Å². The SMILES string of the molecule is CCN1CCC(NC(=O)NCC2CCCCO2)CC1. The Morgan fingerprint density at radius 2 is 2.05 bits per heavy atom. The van der Waals surface area contributed by atoms with Gasteiger partial charge in [-0.25, -0.2) is 4.79 Å². The number of nitrogens with zero attached hydrogens (tertiary/aromatic N) is 1. The zero-order valence-corrected chi connectivity index (χ0v) is 12.0. The molecule has 2 amide bonds. The third-order valence-electron chi connectivity index (χ3n) is 4.13. The van der Waals surface area contributed by atoms with Crippen molar-refractivity contribution < 1.29 is 9.53 Å². The number of carbonyl (C=O) groups excluding carboxylic acids is 1. The van der Waals surface area contributed by atoms with Crippen molar-refractivity contribution in [2.24, 2.45) is 0 Å². The van der Waals surface area contributed by atoms with Crippen molar-refractivity contribution in [2.75, 3.05) is 32.8 Å². The number of amides is 2. The molecule has 0 saturated carbocycles. The summed E-state index contributed by atoms with van der Waals surface area (Å²) < 4.78 is 5.60. The lowest BCUT2D eigenvalue weighted by Gasteiger charge is -2.31. The third kappa shape index (κ3) is 4.99. The quantitative estimate of drug-likeness (QED) is 0.810. The molecule has 0 aromatic rings. The lowest BCUT2D eigenvalue weighted by atomic mass is 10.1. The van der Waals surface area contributed by atoms with Gasteiger partial charge in [-0.2, -0.15) is 0 Å². The molecule has 0 aromatic carbocycles. The average Bonchev–Trinajstić information content (AvgIpc) is 2.47. The molecule has 1 unspecified atom stereocenters. The molecule has 5 heteroatoms. The first kappa shape index (κ1) is 14.6. The van der Waals surface area contributed by atoms with Crippen molar-refractivity contribution in [3.63, 3.8) is 0 Å². The Hall–Kier alpha value is -0.810. The van der Waals surface area contributed by atoms with Gasteiger partial charge in [0.1, 0.15) is 0 Å². The second-order valence-electron chi connectivity index (χ2n) is 5.55. The minimum absolute atomic E-state index is 0.0379. The molecule has 0 aromatic heterocycles. The van der Waals surface area contributed by atoms with Crippen LogP contribution in [0, 0.1) is 0 Å². The summed E-state index contributed by atoms with van der Waals surface area (Å²) in [5.74, 6) is 0. The van der Waals surface area contributed by atoms with Gasteiger partial charge in [0, 0.05) is 32.3 Å². The molecular weight excluding hydrogens is 242 g/mol. The Balaban J connectivity index is 1.59. The van der Waals surface area contributed by atoms with Gasteiger partial charge in [-0.15, -0.1) is 0 Å². The zero-order chi connectivity index (χ0) is 13.5. The van der Waals surface area contributed by atoms with Crippen LogP contribution in [0.25, 0.3) is 0 Å². The van der Waals surface area contributed by atoms with E-state index in [9.17, 15) is 4.79 Å². The molecule has 0 radical (unpaired) electrons. The van der Waals surface area contributed by atoms with Crippen LogP contribution >= 0.6 is 0 Å². The highest BCUT2D eigenvalue weighted by Crippen LogP contribution is 2.12. The summed E-state index contributed by atoms with van der Waals surface area (Å²) in [6, 6.07) is 0.291. The molecular formula is C14H27N3O2. The number of carbonyl (C=O) groups is 1. The minimum atomic E-state index is -0.0379. The maximum absolute atomic E-state index is 11.8. The molecule has 2 N–H and O–H groups in total. The summed E-state index contributed by atoms with van der Waals surface area (Å²) >= 11 is 0. The van der Waals surface area contributed by atoms with Crippen LogP contribution in [0.4, 0.5) is 4.79 Å². The van der Waals surface area contributed by atoms with Gasteiger partial charge in [0.05, 0.1) is 6.10 Å². The fourth-order valence-electron chi connectivity index (χ4n) is 2.80. The van der Waals surface area contributed by atoms with E-state index in [1.54, 1.807) is 0 Å². The van der Waals surface area contributed by atoms with Crippen LogP contribution in [-0.2, 0) is 4.74 Å². The van der Waals surface area contributed by atoms with E-state index in [0.29, 0.717) is 12.6 Å². The average molecular weight is 269 g/mol. The number of likely N-dealkylation sites (tertiary alicyclic amines) is 1. The van der Waals surface area contributed by atoms with E-state index in [1.807, 2.05) is 0 Å². The minimum Gasteiger partial charge on any atom is -0.376 e. The first-order chi connectivity index (χ1) is 9.28. The number of nitrogens with one attached hydrogen (secondary N) is 2. The summed E-state index contributed by atoms with van der Waals surface area (Å²) in [4.78, 5) is 14.2. The van der Waals surface area contributed by atoms with E-state index in [1.165, 1.54) is 6.42 Å². The van der Waals surface area contributed by atoms with Crippen LogP contribution in [0.15, 0.2) is 0 Å². The third-order valence-corrected chi connectivity index (χ3v) is 4.13. The first-order valence-corrected chi connectivity index (χ1v) is 7.66. The van der Waals surface area contributed by atoms with E-state index in [2.05, 4.69) is 22.5 Å². The van der Waals surface area contributed by atoms with Crippen molar-refractivity contribution in [3.8, 4) is 0 Å². The largest absolute Gasteiger partial charge is 0.376 e. The number of piperidine rings is 1. The fraction of sp³-hybridized carbons (Fsp3) is 0.929. The Labute approximate surface area is 116 Å². The summed E-state index contributed by atoms with van der Waals surface area (Å²) in [6.07, 6.45) is 5.75. The molecule has 19 heavy (non-hydrogen) atoms. The molecule has 2 fully saturated rings. The topological polar surface area (TPSA) is 53.6 Å². The molecule has 2 saturated heterocycles. The van der Waals surface area contributed by atoms with Crippen molar-refractivity contribution in [1.29, 1.82) is 0 Å². The molecule has 1 atom stereocenters. The van der Waals surface area contributed by atoms with Crippen LogP contribution in [0.1, 0.15) is 39.0 Å². The number of urea groups is 1. The van der Waals surface area contributed by atoms with E-state index in [4.69, 9.17) is 4.74 Å². The predicted molar refractivity (Wildman–Crippen MR) is 75.3 cm³/mol. The maximum atomic E-state index is 11.8. The number of rotatable bonds is 4. The van der Waals surface area contributed by atoms with Crippen molar-refractivity contribution in [2.45, 2.75) is 51.2 Å². The fourth-order valence-corrected chi connectivity index (χ4v) is 2.80. The lowest BCUT2D eigenvalue weighted by molar-refractivity contribution is 0.0184. The zero-order valence-electron chi connectivity index (χ0n) is 12.0. The Morgan fingerprint density at radius 3 is 2.68 bits per heavy atom. The molecule has 2 aliphatic heterocycles. The highest BCUT2D eigenvalue weighted by atomic mass is 16.5. The van der Waals surface area contributed by atoms with Gasteiger partial charge in [0.25, 0.3) is 0 Å². The number of hydrogen-bond acceptors (Lipinski definition) is 3. The second-order valence-corrected chi connectivity index (χ2v) is 5.55. The Bertz CT molecular complexity index is 272. The van der Waals surface area contributed by atoms with Crippen LogP contribution < -0.4 is 10.6 Å². The summed E-state index contributed by atoms with van der Waals surface area (Å²) in [5.41, 5.74) is 0. The van der Waals surface area contributed by atoms with E-state index in [0.717, 1.165) is 51.9 Å².